The van der Waals surface area contributed by atoms with Crippen molar-refractivity contribution in [1.29, 1.82) is 0 Å². The predicted molar refractivity (Wildman–Crippen MR) is 189 cm³/mol. The number of hydrogen-bond donors (Lipinski definition) is 2. The van der Waals surface area contributed by atoms with E-state index in [2.05, 4.69) is 38.2 Å². The largest absolute Gasteiger partial charge is 0.466 e. The van der Waals surface area contributed by atoms with Crippen LogP contribution in [0.2, 0.25) is 0 Å². The number of esters is 1. The molecule has 46 heavy (non-hydrogen) atoms. The minimum atomic E-state index is -0.351. The number of allylic oxidation sites excluding steroid dienone is 2. The van der Waals surface area contributed by atoms with Crippen LogP contribution in [-0.2, 0) is 24.1 Å². The van der Waals surface area contributed by atoms with Gasteiger partial charge >= 0.3 is 11.9 Å². The first-order chi connectivity index (χ1) is 22.5. The van der Waals surface area contributed by atoms with Crippen LogP contribution in [0.4, 0.5) is 0 Å². The van der Waals surface area contributed by atoms with E-state index in [0.29, 0.717) is 19.3 Å². The summed E-state index contributed by atoms with van der Waals surface area (Å²) in [6, 6.07) is 0. The van der Waals surface area contributed by atoms with Crippen LogP contribution in [0.25, 0.3) is 0 Å². The van der Waals surface area contributed by atoms with Gasteiger partial charge in [0.2, 0.25) is 0 Å². The van der Waals surface area contributed by atoms with Crippen molar-refractivity contribution in [3.05, 3.63) is 24.3 Å². The Morgan fingerprint density at radius 3 is 1.50 bits per heavy atom. The average molecular weight is 653 g/mol. The van der Waals surface area contributed by atoms with E-state index in [4.69, 9.17) is 14.5 Å². The van der Waals surface area contributed by atoms with E-state index >= 15 is 0 Å². The molecule has 0 heterocycles. The van der Waals surface area contributed by atoms with Crippen molar-refractivity contribution in [2.24, 2.45) is 0 Å². The first-order valence-electron chi connectivity index (χ1n) is 19.1. The molecule has 0 rings (SSSR count). The number of aliphatic hydroxyl groups is 2. The van der Waals surface area contributed by atoms with Crippen molar-refractivity contribution in [3.8, 4) is 0 Å². The molecule has 0 radical (unpaired) electrons. The van der Waals surface area contributed by atoms with Crippen LogP contribution in [0.3, 0.4) is 0 Å². The molecule has 0 spiro atoms. The van der Waals surface area contributed by atoms with Crippen molar-refractivity contribution in [2.45, 2.75) is 199 Å². The lowest BCUT2D eigenvalue weighted by atomic mass is 10.1. The molecule has 0 saturated heterocycles. The van der Waals surface area contributed by atoms with Crippen LogP contribution in [0, 0.1) is 0 Å². The predicted octanol–water partition coefficient (Wildman–Crippen LogP) is 10.4. The van der Waals surface area contributed by atoms with Crippen LogP contribution >= 0.6 is 0 Å². The summed E-state index contributed by atoms with van der Waals surface area (Å²) in [5, 5.41) is 20.0. The van der Waals surface area contributed by atoms with Crippen LogP contribution < -0.4 is 0 Å². The number of ether oxygens (including phenoxy) is 1. The molecule has 270 valence electrons. The maximum absolute atomic E-state index is 11.9. The first-order valence-corrected chi connectivity index (χ1v) is 19.1. The van der Waals surface area contributed by atoms with Crippen LogP contribution in [0.1, 0.15) is 187 Å². The molecule has 7 nitrogen and oxygen atoms in total. The zero-order chi connectivity index (χ0) is 33.8. The number of aliphatic hydroxyl groups excluding tert-OH is 2. The van der Waals surface area contributed by atoms with Crippen molar-refractivity contribution in [2.75, 3.05) is 13.2 Å². The smallest absolute Gasteiger partial charge is 0.342 e. The lowest BCUT2D eigenvalue weighted by Gasteiger charge is -2.07. The van der Waals surface area contributed by atoms with Crippen molar-refractivity contribution in [1.82, 2.24) is 0 Å². The molecule has 7 heteroatoms. The molecular weight excluding hydrogens is 580 g/mol. The molecule has 0 aromatic carbocycles. The Morgan fingerprint density at radius 2 is 0.978 bits per heavy atom. The second-order valence-corrected chi connectivity index (χ2v) is 12.9. The summed E-state index contributed by atoms with van der Waals surface area (Å²) in [6.07, 6.45) is 35.0. The Kier molecular flexibility index (Phi) is 34.8. The van der Waals surface area contributed by atoms with Crippen LogP contribution in [0.15, 0.2) is 24.3 Å². The Hall–Kier alpha value is -1.70. The second-order valence-electron chi connectivity index (χ2n) is 12.9. The number of carbonyl (C=O) groups is 2. The third-order valence-electron chi connectivity index (χ3n) is 8.22. The lowest BCUT2D eigenvalue weighted by Crippen LogP contribution is -2.10. The van der Waals surface area contributed by atoms with Gasteiger partial charge in [-0.25, -0.2) is 4.79 Å². The minimum Gasteiger partial charge on any atom is -0.466 e. The number of unbranched alkanes of at least 4 members (excludes halogenated alkanes) is 16. The summed E-state index contributed by atoms with van der Waals surface area (Å²) in [4.78, 5) is 33.5. The standard InChI is InChI=1S/C39H72O7/c1-3-5-7-21-28-36(40)30-23-17-13-9-11-15-19-25-32-38(42)44-34-27-35-45-46-39(43)33-26-20-16-12-10-14-18-24-31-37(41)29-22-8-6-4-2/h17-18,23-24,36-37,40-41H,3-16,19-22,25-35H2,1-2H3/b23-17-,24-18-/t36-,37-/m1/s1. The maximum Gasteiger partial charge on any atom is 0.342 e. The summed E-state index contributed by atoms with van der Waals surface area (Å²) in [5.74, 6) is -0.535. The van der Waals surface area contributed by atoms with Gasteiger partial charge in [0, 0.05) is 19.3 Å². The molecule has 2 N–H and O–H groups in total. The molecule has 0 aliphatic rings. The van der Waals surface area contributed by atoms with Crippen LogP contribution in [0.5, 0.6) is 0 Å². The Bertz CT molecular complexity index is 661. The lowest BCUT2D eigenvalue weighted by molar-refractivity contribution is -0.273. The summed E-state index contributed by atoms with van der Waals surface area (Å²) in [6.45, 7) is 4.89. The van der Waals surface area contributed by atoms with Crippen molar-refractivity contribution < 1.29 is 34.3 Å². The molecule has 0 aliphatic carbocycles. The molecule has 0 aliphatic heterocycles. The van der Waals surface area contributed by atoms with Gasteiger partial charge in [-0.3, -0.25) is 9.68 Å². The Labute approximate surface area is 282 Å². The van der Waals surface area contributed by atoms with E-state index in [-0.39, 0.29) is 37.4 Å². The van der Waals surface area contributed by atoms with Gasteiger partial charge in [0.25, 0.3) is 0 Å². The molecule has 0 aromatic rings. The zero-order valence-corrected chi connectivity index (χ0v) is 29.9. The fourth-order valence-electron chi connectivity index (χ4n) is 5.24. The van der Waals surface area contributed by atoms with Gasteiger partial charge in [-0.1, -0.05) is 128 Å². The fraction of sp³-hybridized carbons (Fsp3) is 0.846. The SMILES string of the molecule is CCCCCC[C@@H](O)C/C=C\CCCCCCCC(=O)OCCCOOC(=O)CCCCCCC/C=C\C[C@H](O)CCCCCC. The molecule has 0 saturated carbocycles. The molecule has 0 amide bonds. The van der Waals surface area contributed by atoms with Crippen molar-refractivity contribution >= 4 is 11.9 Å². The highest BCUT2D eigenvalue weighted by Gasteiger charge is 2.06. The van der Waals surface area contributed by atoms with E-state index in [0.717, 1.165) is 116 Å². The molecular formula is C39H72O7. The van der Waals surface area contributed by atoms with Gasteiger partial charge in [0.15, 0.2) is 0 Å². The van der Waals surface area contributed by atoms with E-state index in [1.807, 2.05) is 0 Å². The maximum atomic E-state index is 11.9. The minimum absolute atomic E-state index is 0.184. The summed E-state index contributed by atoms with van der Waals surface area (Å²) >= 11 is 0. The molecule has 0 bridgehead atoms. The molecule has 0 fully saturated rings. The highest BCUT2D eigenvalue weighted by molar-refractivity contribution is 5.69. The topological polar surface area (TPSA) is 102 Å². The number of rotatable bonds is 35. The van der Waals surface area contributed by atoms with E-state index in [1.165, 1.54) is 38.5 Å². The van der Waals surface area contributed by atoms with Gasteiger partial charge < -0.3 is 14.9 Å². The Morgan fingerprint density at radius 1 is 0.522 bits per heavy atom. The molecule has 2 atom stereocenters. The zero-order valence-electron chi connectivity index (χ0n) is 29.9. The molecule has 0 aromatic heterocycles. The second kappa shape index (κ2) is 36.1. The number of carbonyl (C=O) groups excluding carboxylic acids is 2. The van der Waals surface area contributed by atoms with E-state index < -0.39 is 0 Å². The molecule has 0 unspecified atom stereocenters. The highest BCUT2D eigenvalue weighted by atomic mass is 17.2. The number of hydrogen-bond acceptors (Lipinski definition) is 7. The van der Waals surface area contributed by atoms with E-state index in [1.54, 1.807) is 0 Å². The van der Waals surface area contributed by atoms with E-state index in [9.17, 15) is 19.8 Å². The fourth-order valence-corrected chi connectivity index (χ4v) is 5.24. The highest BCUT2D eigenvalue weighted by Crippen LogP contribution is 2.12. The monoisotopic (exact) mass is 653 g/mol. The Balaban J connectivity index is 3.41. The summed E-state index contributed by atoms with van der Waals surface area (Å²) in [5.41, 5.74) is 0. The summed E-state index contributed by atoms with van der Waals surface area (Å²) < 4.78 is 5.24. The van der Waals surface area contributed by atoms with Gasteiger partial charge in [-0.2, -0.15) is 4.89 Å². The third-order valence-corrected chi connectivity index (χ3v) is 8.22. The third kappa shape index (κ3) is 35.2. The van der Waals surface area contributed by atoms with Gasteiger partial charge in [0.05, 0.1) is 25.4 Å². The van der Waals surface area contributed by atoms with Gasteiger partial charge in [-0.05, 0) is 64.2 Å². The van der Waals surface area contributed by atoms with Gasteiger partial charge in [0.1, 0.15) is 0 Å². The average Bonchev–Trinajstić information content (AvgIpc) is 3.04. The van der Waals surface area contributed by atoms with Crippen molar-refractivity contribution in [3.63, 3.8) is 0 Å². The normalized spacial score (nSPS) is 13.0. The first kappa shape index (κ1) is 44.3. The quantitative estimate of drug-likeness (QED) is 0.0231. The van der Waals surface area contributed by atoms with Gasteiger partial charge in [-0.15, -0.1) is 0 Å². The van der Waals surface area contributed by atoms with Crippen LogP contribution in [-0.4, -0.2) is 47.6 Å². The summed E-state index contributed by atoms with van der Waals surface area (Å²) in [7, 11) is 0.